The molecule has 0 bridgehead atoms. The van der Waals surface area contributed by atoms with Crippen molar-refractivity contribution in [3.8, 4) is 0 Å². The van der Waals surface area contributed by atoms with Crippen LogP contribution in [0, 0.1) is 5.95 Å². The zero-order valence-corrected chi connectivity index (χ0v) is 6.67. The molecule has 7 heteroatoms. The van der Waals surface area contributed by atoms with Crippen LogP contribution in [0.25, 0.3) is 0 Å². The number of pyridine rings is 1. The van der Waals surface area contributed by atoms with E-state index in [0.29, 0.717) is 6.07 Å². The van der Waals surface area contributed by atoms with Crippen LogP contribution in [0.15, 0.2) is 6.07 Å². The summed E-state index contributed by atoms with van der Waals surface area (Å²) < 4.78 is 36.9. The molecule has 14 heavy (non-hydrogen) atoms. The van der Waals surface area contributed by atoms with Crippen LogP contribution in [0.3, 0.4) is 0 Å². The number of halogens is 3. The summed E-state index contributed by atoms with van der Waals surface area (Å²) in [6, 6.07) is 0.636. The highest BCUT2D eigenvalue weighted by atomic mass is 19.3. The Kier molecular flexibility index (Phi) is 2.59. The molecule has 4 nitrogen and oxygen atoms in total. The van der Waals surface area contributed by atoms with E-state index in [2.05, 4.69) is 4.98 Å². The van der Waals surface area contributed by atoms with Crippen LogP contribution >= 0.6 is 0 Å². The van der Waals surface area contributed by atoms with Gasteiger partial charge in [0, 0.05) is 0 Å². The lowest BCUT2D eigenvalue weighted by Gasteiger charge is -2.04. The average molecular weight is 206 g/mol. The van der Waals surface area contributed by atoms with Crippen LogP contribution in [-0.4, -0.2) is 16.1 Å². The summed E-state index contributed by atoms with van der Waals surface area (Å²) in [5.41, 5.74) is 2.72. The van der Waals surface area contributed by atoms with Crippen molar-refractivity contribution in [2.45, 2.75) is 6.43 Å². The Morgan fingerprint density at radius 1 is 1.57 bits per heavy atom. The topological polar surface area (TPSA) is 76.2 Å². The molecule has 0 aliphatic heterocycles. The number of rotatable bonds is 2. The molecule has 3 N–H and O–H groups in total. The fraction of sp³-hybridized carbons (Fsp3) is 0.143. The predicted octanol–water partition coefficient (Wildman–Crippen LogP) is 1.44. The number of carbonyl (C=O) groups is 1. The third-order valence-corrected chi connectivity index (χ3v) is 1.46. The Morgan fingerprint density at radius 2 is 2.14 bits per heavy atom. The molecule has 76 valence electrons. The van der Waals surface area contributed by atoms with E-state index < -0.39 is 35.3 Å². The molecule has 0 spiro atoms. The van der Waals surface area contributed by atoms with Crippen LogP contribution in [0.2, 0.25) is 0 Å². The van der Waals surface area contributed by atoms with Gasteiger partial charge in [-0.25, -0.2) is 18.6 Å². The van der Waals surface area contributed by atoms with Crippen molar-refractivity contribution in [1.82, 2.24) is 4.98 Å². The van der Waals surface area contributed by atoms with Crippen molar-refractivity contribution >= 4 is 11.7 Å². The zero-order chi connectivity index (χ0) is 10.9. The molecule has 0 aliphatic rings. The van der Waals surface area contributed by atoms with Crippen molar-refractivity contribution in [3.05, 3.63) is 23.3 Å². The molecule has 0 fully saturated rings. The molecule has 1 aromatic heterocycles. The molecular weight excluding hydrogens is 201 g/mol. The predicted molar refractivity (Wildman–Crippen MR) is 40.5 cm³/mol. The Balaban J connectivity index is 3.32. The number of carboxylic acids is 1. The summed E-state index contributed by atoms with van der Waals surface area (Å²) in [6.45, 7) is 0. The lowest BCUT2D eigenvalue weighted by atomic mass is 10.2. The minimum atomic E-state index is -2.99. The molecular formula is C7H5F3N2O2. The number of hydrogen-bond donors (Lipinski definition) is 2. The van der Waals surface area contributed by atoms with Gasteiger partial charge in [0.05, 0.1) is 5.69 Å². The van der Waals surface area contributed by atoms with Gasteiger partial charge in [0.15, 0.2) is 0 Å². The molecule has 0 saturated carbocycles. The Labute approximate surface area is 76.2 Å². The summed E-state index contributed by atoms with van der Waals surface area (Å²) in [6.07, 6.45) is -2.99. The lowest BCUT2D eigenvalue weighted by Crippen LogP contribution is -2.09. The highest BCUT2D eigenvalue weighted by Crippen LogP contribution is 2.22. The number of anilines is 1. The SMILES string of the molecule is Nc1cc(C(F)F)nc(F)c1C(=O)O. The van der Waals surface area contributed by atoms with Gasteiger partial charge in [-0.2, -0.15) is 4.39 Å². The highest BCUT2D eigenvalue weighted by Gasteiger charge is 2.20. The van der Waals surface area contributed by atoms with Gasteiger partial charge in [-0.05, 0) is 6.07 Å². The monoisotopic (exact) mass is 206 g/mol. The smallest absolute Gasteiger partial charge is 0.342 e. The van der Waals surface area contributed by atoms with E-state index in [9.17, 15) is 18.0 Å². The average Bonchev–Trinajstić information content (AvgIpc) is 2.01. The molecule has 0 amide bonds. The molecule has 1 aromatic rings. The first-order chi connectivity index (χ1) is 6.43. The van der Waals surface area contributed by atoms with E-state index in [-0.39, 0.29) is 0 Å². The van der Waals surface area contributed by atoms with Crippen LogP contribution in [0.5, 0.6) is 0 Å². The molecule has 0 aromatic carbocycles. The van der Waals surface area contributed by atoms with E-state index >= 15 is 0 Å². The van der Waals surface area contributed by atoms with E-state index in [1.807, 2.05) is 0 Å². The van der Waals surface area contributed by atoms with Gasteiger partial charge in [-0.1, -0.05) is 0 Å². The number of nitrogen functional groups attached to an aromatic ring is 1. The zero-order valence-electron chi connectivity index (χ0n) is 6.67. The van der Waals surface area contributed by atoms with Crippen molar-refractivity contribution in [2.24, 2.45) is 0 Å². The Bertz CT molecular complexity index is 358. The molecule has 1 heterocycles. The number of nitrogens with two attached hydrogens (primary N) is 1. The van der Waals surface area contributed by atoms with Gasteiger partial charge in [0.2, 0.25) is 5.95 Å². The first kappa shape index (κ1) is 10.3. The Hall–Kier alpha value is -1.79. The summed E-state index contributed by atoms with van der Waals surface area (Å²) in [4.78, 5) is 13.2. The van der Waals surface area contributed by atoms with Gasteiger partial charge in [0.25, 0.3) is 6.43 Å². The number of nitrogens with zero attached hydrogens (tertiary/aromatic N) is 1. The second kappa shape index (κ2) is 3.52. The van der Waals surface area contributed by atoms with Crippen LogP contribution in [-0.2, 0) is 0 Å². The van der Waals surface area contributed by atoms with Crippen molar-refractivity contribution in [3.63, 3.8) is 0 Å². The molecule has 0 unspecified atom stereocenters. The van der Waals surface area contributed by atoms with E-state index in [4.69, 9.17) is 10.8 Å². The van der Waals surface area contributed by atoms with Gasteiger partial charge in [0.1, 0.15) is 11.3 Å². The molecule has 0 saturated heterocycles. The van der Waals surface area contributed by atoms with Crippen molar-refractivity contribution in [1.29, 1.82) is 0 Å². The summed E-state index contributed by atoms with van der Waals surface area (Å²) in [5.74, 6) is -3.15. The maximum absolute atomic E-state index is 12.8. The summed E-state index contributed by atoms with van der Waals surface area (Å²) >= 11 is 0. The number of carboxylic acid groups (broad SMARTS) is 1. The van der Waals surface area contributed by atoms with E-state index in [0.717, 1.165) is 0 Å². The maximum atomic E-state index is 12.8. The van der Waals surface area contributed by atoms with Gasteiger partial charge >= 0.3 is 5.97 Å². The maximum Gasteiger partial charge on any atom is 0.342 e. The van der Waals surface area contributed by atoms with Crippen molar-refractivity contribution in [2.75, 3.05) is 5.73 Å². The van der Waals surface area contributed by atoms with Gasteiger partial charge in [-0.15, -0.1) is 0 Å². The van der Waals surface area contributed by atoms with E-state index in [1.165, 1.54) is 0 Å². The fourth-order valence-corrected chi connectivity index (χ4v) is 0.876. The minimum Gasteiger partial charge on any atom is -0.477 e. The number of aromatic carboxylic acids is 1. The second-order valence-electron chi connectivity index (χ2n) is 2.41. The number of aromatic nitrogens is 1. The summed E-state index contributed by atoms with van der Waals surface area (Å²) in [7, 11) is 0. The van der Waals surface area contributed by atoms with Crippen LogP contribution in [0.4, 0.5) is 18.9 Å². The molecule has 0 atom stereocenters. The highest BCUT2D eigenvalue weighted by molar-refractivity contribution is 5.93. The van der Waals surface area contributed by atoms with Crippen LogP contribution < -0.4 is 5.73 Å². The third-order valence-electron chi connectivity index (χ3n) is 1.46. The van der Waals surface area contributed by atoms with E-state index in [1.54, 1.807) is 0 Å². The number of alkyl halides is 2. The van der Waals surface area contributed by atoms with Crippen molar-refractivity contribution < 1.29 is 23.1 Å². The lowest BCUT2D eigenvalue weighted by molar-refractivity contribution is 0.0691. The molecule has 0 aliphatic carbocycles. The quantitative estimate of drug-likeness (QED) is 0.717. The standard InChI is InChI=1S/C7H5F3N2O2/c8-5(9)3-1-2(11)4(7(13)14)6(10)12-3/h1,5H,(H2,11,12)(H,13,14). The summed E-state index contributed by atoms with van der Waals surface area (Å²) in [5, 5.41) is 8.43. The minimum absolute atomic E-state index is 0.569. The fourth-order valence-electron chi connectivity index (χ4n) is 0.876. The normalized spacial score (nSPS) is 10.6. The van der Waals surface area contributed by atoms with Crippen LogP contribution in [0.1, 0.15) is 22.5 Å². The largest absolute Gasteiger partial charge is 0.477 e. The van der Waals surface area contributed by atoms with Gasteiger partial charge in [-0.3, -0.25) is 0 Å². The Morgan fingerprint density at radius 3 is 2.50 bits per heavy atom. The molecule has 0 radical (unpaired) electrons. The first-order valence-corrected chi connectivity index (χ1v) is 3.41. The second-order valence-corrected chi connectivity index (χ2v) is 2.41. The molecule has 1 rings (SSSR count). The third kappa shape index (κ3) is 1.76. The first-order valence-electron chi connectivity index (χ1n) is 3.41. The van der Waals surface area contributed by atoms with Gasteiger partial charge < -0.3 is 10.8 Å². The number of hydrogen-bond acceptors (Lipinski definition) is 3.